The Morgan fingerprint density at radius 2 is 1.50 bits per heavy atom. The predicted octanol–water partition coefficient (Wildman–Crippen LogP) is 4.48. The zero-order chi connectivity index (χ0) is 22.6. The average Bonchev–Trinajstić information content (AvgIpc) is 2.73. The van der Waals surface area contributed by atoms with E-state index in [0.29, 0.717) is 10.8 Å². The van der Waals surface area contributed by atoms with Gasteiger partial charge in [0.05, 0.1) is 0 Å². The molecular formula is C22H25O7P. The Morgan fingerprint density at radius 3 is 2.00 bits per heavy atom. The molecule has 2 rings (SSSR count). The van der Waals surface area contributed by atoms with Crippen LogP contribution in [0.15, 0.2) is 48.6 Å². The first-order valence-corrected chi connectivity index (χ1v) is 10.7. The largest absolute Gasteiger partial charge is 0.422 e. The van der Waals surface area contributed by atoms with Crippen LogP contribution in [0.5, 0.6) is 11.5 Å². The van der Waals surface area contributed by atoms with Crippen molar-refractivity contribution in [1.82, 2.24) is 0 Å². The monoisotopic (exact) mass is 432 g/mol. The van der Waals surface area contributed by atoms with Gasteiger partial charge in [0.1, 0.15) is 11.1 Å². The summed E-state index contributed by atoms with van der Waals surface area (Å²) in [6, 6.07) is 6.67. The number of hydrogen-bond donors (Lipinski definition) is 0. The molecule has 0 bridgehead atoms. The topological polar surface area (TPSA) is 88.1 Å². The molecular weight excluding hydrogens is 407 g/mol. The fourth-order valence-corrected chi connectivity index (χ4v) is 3.88. The summed E-state index contributed by atoms with van der Waals surface area (Å²) >= 11 is 0. The summed E-state index contributed by atoms with van der Waals surface area (Å²) in [4.78, 5) is 24.5. The fraction of sp³-hybridized carbons (Fsp3) is 0.273. The van der Waals surface area contributed by atoms with Gasteiger partial charge in [0.25, 0.3) is 0 Å². The van der Waals surface area contributed by atoms with Crippen LogP contribution in [-0.4, -0.2) is 26.2 Å². The highest BCUT2D eigenvalue weighted by Crippen LogP contribution is 2.51. The lowest BCUT2D eigenvalue weighted by Gasteiger charge is -2.21. The van der Waals surface area contributed by atoms with E-state index in [2.05, 4.69) is 13.2 Å². The van der Waals surface area contributed by atoms with Crippen LogP contribution in [0.4, 0.5) is 0 Å². The molecule has 0 saturated carbocycles. The SMILES string of the molecule is C=C(C)C(=O)Oc1cc(P(=O)(OC)OC)c(OC(=O)C(=C)C)c2ccc(CC)cc12. The van der Waals surface area contributed by atoms with Gasteiger partial charge in [0, 0.05) is 42.2 Å². The van der Waals surface area contributed by atoms with E-state index in [-0.39, 0.29) is 27.9 Å². The molecule has 2 aromatic rings. The molecule has 0 aromatic heterocycles. The van der Waals surface area contributed by atoms with E-state index in [4.69, 9.17) is 18.5 Å². The Bertz CT molecular complexity index is 1080. The van der Waals surface area contributed by atoms with Crippen LogP contribution in [0.3, 0.4) is 0 Å². The zero-order valence-corrected chi connectivity index (χ0v) is 18.6. The van der Waals surface area contributed by atoms with E-state index in [1.807, 2.05) is 19.1 Å². The molecule has 0 amide bonds. The summed E-state index contributed by atoms with van der Waals surface area (Å²) in [6.45, 7) is 12.2. The van der Waals surface area contributed by atoms with Crippen LogP contribution in [0.25, 0.3) is 10.8 Å². The third-order valence-corrected chi connectivity index (χ3v) is 6.26. The molecule has 0 atom stereocenters. The van der Waals surface area contributed by atoms with Crippen molar-refractivity contribution in [3.8, 4) is 11.5 Å². The molecule has 0 saturated heterocycles. The standard InChI is InChI=1S/C22H25O7P/c1-8-15-9-10-16-17(11-15)18(28-21(23)13(2)3)12-19(30(25,26-6)27-7)20(16)29-22(24)14(4)5/h9-12H,2,4,8H2,1,3,5-7H3. The van der Waals surface area contributed by atoms with E-state index in [1.54, 1.807) is 6.07 Å². The Balaban J connectivity index is 2.94. The van der Waals surface area contributed by atoms with Crippen LogP contribution in [-0.2, 0) is 29.6 Å². The molecule has 0 heterocycles. The summed E-state index contributed by atoms with van der Waals surface area (Å²) in [7, 11) is -1.48. The summed E-state index contributed by atoms with van der Waals surface area (Å²) in [5.74, 6) is -1.25. The third-order valence-electron chi connectivity index (χ3n) is 4.37. The highest BCUT2D eigenvalue weighted by molar-refractivity contribution is 7.62. The van der Waals surface area contributed by atoms with Crippen molar-refractivity contribution in [3.63, 3.8) is 0 Å². The summed E-state index contributed by atoms with van der Waals surface area (Å²) in [5.41, 5.74) is 1.30. The molecule has 0 fully saturated rings. The smallest absolute Gasteiger partial charge is 0.364 e. The van der Waals surface area contributed by atoms with E-state index in [9.17, 15) is 14.2 Å². The molecule has 0 radical (unpaired) electrons. The van der Waals surface area contributed by atoms with Gasteiger partial charge in [-0.05, 0) is 31.9 Å². The van der Waals surface area contributed by atoms with Crippen LogP contribution in [0.2, 0.25) is 0 Å². The lowest BCUT2D eigenvalue weighted by atomic mass is 10.0. The first-order chi connectivity index (χ1) is 14.1. The Hall–Kier alpha value is -2.73. The number of carbonyl (C=O) groups is 2. The maximum absolute atomic E-state index is 13.2. The normalized spacial score (nSPS) is 11.2. The minimum Gasteiger partial charge on any atom is -0.422 e. The molecule has 0 N–H and O–H groups in total. The van der Waals surface area contributed by atoms with Crippen molar-refractivity contribution in [2.24, 2.45) is 0 Å². The molecule has 8 heteroatoms. The van der Waals surface area contributed by atoms with Gasteiger partial charge in [-0.25, -0.2) is 9.59 Å². The Kier molecular flexibility index (Phi) is 7.37. The molecule has 7 nitrogen and oxygen atoms in total. The van der Waals surface area contributed by atoms with Gasteiger partial charge in [0.15, 0.2) is 5.75 Å². The first kappa shape index (κ1) is 23.5. The molecule has 0 unspecified atom stereocenters. The summed E-state index contributed by atoms with van der Waals surface area (Å²) < 4.78 is 34.5. The van der Waals surface area contributed by atoms with Crippen LogP contribution in [0.1, 0.15) is 26.3 Å². The molecule has 0 aliphatic rings. The number of aryl methyl sites for hydroxylation is 1. The number of benzene rings is 2. The van der Waals surface area contributed by atoms with Gasteiger partial charge < -0.3 is 18.5 Å². The van der Waals surface area contributed by atoms with Crippen LogP contribution >= 0.6 is 7.60 Å². The van der Waals surface area contributed by atoms with Gasteiger partial charge >= 0.3 is 19.5 Å². The van der Waals surface area contributed by atoms with E-state index in [0.717, 1.165) is 12.0 Å². The first-order valence-electron chi connectivity index (χ1n) is 9.15. The molecule has 0 aliphatic carbocycles. The van der Waals surface area contributed by atoms with Gasteiger partial charge in [-0.2, -0.15) is 0 Å². The van der Waals surface area contributed by atoms with Crippen molar-refractivity contribution >= 4 is 35.6 Å². The molecule has 160 valence electrons. The quantitative estimate of drug-likeness (QED) is 0.263. The van der Waals surface area contributed by atoms with Crippen LogP contribution < -0.4 is 14.8 Å². The lowest BCUT2D eigenvalue weighted by molar-refractivity contribution is -0.131. The van der Waals surface area contributed by atoms with Crippen molar-refractivity contribution in [2.75, 3.05) is 14.2 Å². The van der Waals surface area contributed by atoms with Gasteiger partial charge in [0.2, 0.25) is 0 Å². The third kappa shape index (κ3) is 4.70. The van der Waals surface area contributed by atoms with Crippen molar-refractivity contribution in [1.29, 1.82) is 0 Å². The van der Waals surface area contributed by atoms with E-state index >= 15 is 0 Å². The van der Waals surface area contributed by atoms with Gasteiger partial charge in [-0.15, -0.1) is 0 Å². The van der Waals surface area contributed by atoms with Crippen molar-refractivity contribution in [3.05, 3.63) is 54.1 Å². The maximum Gasteiger partial charge on any atom is 0.364 e. The molecule has 0 aliphatic heterocycles. The number of rotatable bonds is 8. The second kappa shape index (κ2) is 9.39. The minimum atomic E-state index is -3.90. The van der Waals surface area contributed by atoms with Gasteiger partial charge in [-0.1, -0.05) is 32.2 Å². The summed E-state index contributed by atoms with van der Waals surface area (Å²) in [5, 5.41) is 0.845. The van der Waals surface area contributed by atoms with E-state index < -0.39 is 19.5 Å². The highest BCUT2D eigenvalue weighted by atomic mass is 31.2. The lowest BCUT2D eigenvalue weighted by Crippen LogP contribution is -2.19. The minimum absolute atomic E-state index is 0.0113. The van der Waals surface area contributed by atoms with Gasteiger partial charge in [-0.3, -0.25) is 4.57 Å². The second-order valence-electron chi connectivity index (χ2n) is 6.66. The molecule has 30 heavy (non-hydrogen) atoms. The zero-order valence-electron chi connectivity index (χ0n) is 17.7. The maximum atomic E-state index is 13.2. The molecule has 0 spiro atoms. The van der Waals surface area contributed by atoms with E-state index in [1.165, 1.54) is 34.1 Å². The number of hydrogen-bond acceptors (Lipinski definition) is 7. The molecule has 2 aromatic carbocycles. The highest BCUT2D eigenvalue weighted by Gasteiger charge is 2.33. The number of esters is 2. The fourth-order valence-electron chi connectivity index (χ4n) is 2.65. The van der Waals surface area contributed by atoms with Crippen molar-refractivity contribution in [2.45, 2.75) is 27.2 Å². The second-order valence-corrected chi connectivity index (χ2v) is 8.87. The number of carbonyl (C=O) groups excluding carboxylic acids is 2. The predicted molar refractivity (Wildman–Crippen MR) is 115 cm³/mol. The Labute approximate surface area is 175 Å². The number of ether oxygens (including phenoxy) is 2. The van der Waals surface area contributed by atoms with Crippen LogP contribution in [0, 0.1) is 0 Å². The van der Waals surface area contributed by atoms with Crippen molar-refractivity contribution < 1.29 is 32.7 Å². The number of fused-ring (bicyclic) bond motifs is 1. The Morgan fingerprint density at radius 1 is 0.933 bits per heavy atom. The summed E-state index contributed by atoms with van der Waals surface area (Å²) in [6.07, 6.45) is 0.723. The average molecular weight is 432 g/mol.